The molecule has 1 fully saturated rings. The Hall–Kier alpha value is -2.63. The Kier molecular flexibility index (Phi) is 7.07. The molecule has 158 valence electrons. The topological polar surface area (TPSA) is 115 Å². The highest BCUT2D eigenvalue weighted by Gasteiger charge is 2.19. The van der Waals surface area contributed by atoms with Crippen LogP contribution in [0.25, 0.3) is 0 Å². The van der Waals surface area contributed by atoms with Gasteiger partial charge in [-0.15, -0.1) is 5.10 Å². The number of rotatable bonds is 9. The van der Waals surface area contributed by atoms with Gasteiger partial charge in [-0.05, 0) is 12.1 Å². The van der Waals surface area contributed by atoms with E-state index in [-0.39, 0.29) is 17.2 Å². The van der Waals surface area contributed by atoms with Gasteiger partial charge in [0, 0.05) is 38.3 Å². The maximum Gasteiger partial charge on any atom is 0.244 e. The first-order valence-corrected chi connectivity index (χ1v) is 10.6. The number of morpholine rings is 1. The Morgan fingerprint density at radius 1 is 1.14 bits per heavy atom. The molecular weight excluding hydrogens is 398 g/mol. The van der Waals surface area contributed by atoms with Crippen molar-refractivity contribution < 1.29 is 22.6 Å². The lowest BCUT2D eigenvalue weighted by molar-refractivity contribution is 0.122. The summed E-state index contributed by atoms with van der Waals surface area (Å²) in [5.74, 6) is 1.31. The molecule has 29 heavy (non-hydrogen) atoms. The summed E-state index contributed by atoms with van der Waals surface area (Å²) in [6.07, 6.45) is 1.70. The van der Waals surface area contributed by atoms with Crippen molar-refractivity contribution in [3.05, 3.63) is 30.5 Å². The molecule has 0 aliphatic carbocycles. The van der Waals surface area contributed by atoms with E-state index in [1.54, 1.807) is 12.3 Å². The molecule has 1 aliphatic heterocycles. The van der Waals surface area contributed by atoms with Gasteiger partial charge in [-0.1, -0.05) is 0 Å². The minimum Gasteiger partial charge on any atom is -0.497 e. The summed E-state index contributed by atoms with van der Waals surface area (Å²) < 4.78 is 43.3. The second-order valence-electron chi connectivity index (χ2n) is 6.24. The number of nitrogens with zero attached hydrogens (tertiary/aromatic N) is 3. The van der Waals surface area contributed by atoms with Crippen molar-refractivity contribution >= 4 is 21.5 Å². The minimum atomic E-state index is -3.74. The number of hydrogen-bond donors (Lipinski definition) is 2. The van der Waals surface area contributed by atoms with Crippen LogP contribution in [0.3, 0.4) is 0 Å². The summed E-state index contributed by atoms with van der Waals surface area (Å²) in [6, 6.07) is 6.44. The van der Waals surface area contributed by atoms with Crippen molar-refractivity contribution in [3.8, 4) is 11.5 Å². The zero-order chi connectivity index (χ0) is 20.7. The van der Waals surface area contributed by atoms with E-state index >= 15 is 0 Å². The Morgan fingerprint density at radius 2 is 1.93 bits per heavy atom. The number of ether oxygens (including phenoxy) is 3. The lowest BCUT2D eigenvalue weighted by Crippen LogP contribution is -2.36. The van der Waals surface area contributed by atoms with Crippen LogP contribution < -0.4 is 24.4 Å². The van der Waals surface area contributed by atoms with Crippen LogP contribution in [-0.4, -0.2) is 72.2 Å². The Labute approximate surface area is 170 Å². The number of methoxy groups -OCH3 is 2. The standard InChI is InChI=1S/C18H25N5O5S/c1-26-15-3-4-17(16(12-15)27-2)29(24,25)21-6-5-19-18-11-14(13-20-22-18)23-7-9-28-10-8-23/h3-4,11-13,21H,5-10H2,1-2H3,(H,19,22). The summed E-state index contributed by atoms with van der Waals surface area (Å²) in [7, 11) is -0.820. The number of sulfonamides is 1. The second kappa shape index (κ2) is 9.72. The average Bonchev–Trinajstić information content (AvgIpc) is 2.77. The molecule has 2 N–H and O–H groups in total. The van der Waals surface area contributed by atoms with Crippen molar-refractivity contribution in [1.82, 2.24) is 14.9 Å². The van der Waals surface area contributed by atoms with E-state index in [2.05, 4.69) is 25.1 Å². The predicted molar refractivity (Wildman–Crippen MR) is 108 cm³/mol. The first-order chi connectivity index (χ1) is 14.0. The Morgan fingerprint density at radius 3 is 2.66 bits per heavy atom. The monoisotopic (exact) mass is 423 g/mol. The molecule has 0 bridgehead atoms. The fraction of sp³-hybridized carbons (Fsp3) is 0.444. The van der Waals surface area contributed by atoms with Gasteiger partial charge in [0.25, 0.3) is 0 Å². The first-order valence-electron chi connectivity index (χ1n) is 9.14. The molecule has 1 aliphatic rings. The number of hydrogen-bond acceptors (Lipinski definition) is 9. The lowest BCUT2D eigenvalue weighted by atomic mass is 10.3. The minimum absolute atomic E-state index is 0.0508. The summed E-state index contributed by atoms with van der Waals surface area (Å²) >= 11 is 0. The van der Waals surface area contributed by atoms with E-state index in [1.807, 2.05) is 6.07 Å². The second-order valence-corrected chi connectivity index (χ2v) is 7.98. The van der Waals surface area contributed by atoms with Gasteiger partial charge in [0.05, 0.1) is 39.3 Å². The van der Waals surface area contributed by atoms with Crippen LogP contribution in [0.4, 0.5) is 11.5 Å². The van der Waals surface area contributed by atoms with Crippen LogP contribution in [0.1, 0.15) is 0 Å². The van der Waals surface area contributed by atoms with Crippen LogP contribution in [0, 0.1) is 0 Å². The molecule has 1 aromatic heterocycles. The van der Waals surface area contributed by atoms with Crippen LogP contribution >= 0.6 is 0 Å². The van der Waals surface area contributed by atoms with E-state index in [1.165, 1.54) is 26.4 Å². The van der Waals surface area contributed by atoms with Crippen LogP contribution in [-0.2, 0) is 14.8 Å². The number of anilines is 2. The molecule has 0 radical (unpaired) electrons. The Bertz CT molecular complexity index is 919. The third kappa shape index (κ3) is 5.46. The number of aromatic nitrogens is 2. The zero-order valence-electron chi connectivity index (χ0n) is 16.4. The third-order valence-corrected chi connectivity index (χ3v) is 5.90. The van der Waals surface area contributed by atoms with Crippen molar-refractivity contribution in [2.45, 2.75) is 4.90 Å². The highest BCUT2D eigenvalue weighted by atomic mass is 32.2. The fourth-order valence-corrected chi connectivity index (χ4v) is 4.07. The normalized spacial score (nSPS) is 14.5. The molecule has 0 amide bonds. The van der Waals surface area contributed by atoms with Gasteiger partial charge in [0.2, 0.25) is 10.0 Å². The SMILES string of the molecule is COc1ccc(S(=O)(=O)NCCNc2cc(N3CCOCC3)cnn2)c(OC)c1. The molecule has 2 heterocycles. The van der Waals surface area contributed by atoms with E-state index < -0.39 is 10.0 Å². The van der Waals surface area contributed by atoms with Crippen molar-refractivity contribution in [3.63, 3.8) is 0 Å². The molecule has 3 rings (SSSR count). The summed E-state index contributed by atoms with van der Waals surface area (Å²) in [5.41, 5.74) is 0.953. The van der Waals surface area contributed by atoms with Crippen molar-refractivity contribution in [2.24, 2.45) is 0 Å². The van der Waals surface area contributed by atoms with E-state index in [4.69, 9.17) is 14.2 Å². The molecule has 0 atom stereocenters. The summed E-state index contributed by atoms with van der Waals surface area (Å²) in [4.78, 5) is 2.22. The molecule has 0 saturated carbocycles. The van der Waals surface area contributed by atoms with Gasteiger partial charge < -0.3 is 24.4 Å². The van der Waals surface area contributed by atoms with Crippen LogP contribution in [0.2, 0.25) is 0 Å². The number of benzene rings is 1. The van der Waals surface area contributed by atoms with Gasteiger partial charge in [0.1, 0.15) is 16.4 Å². The molecule has 1 saturated heterocycles. The third-order valence-electron chi connectivity index (χ3n) is 4.40. The van der Waals surface area contributed by atoms with E-state index in [9.17, 15) is 8.42 Å². The maximum atomic E-state index is 12.6. The quantitative estimate of drug-likeness (QED) is 0.563. The molecule has 2 aromatic rings. The smallest absolute Gasteiger partial charge is 0.244 e. The maximum absolute atomic E-state index is 12.6. The summed E-state index contributed by atoms with van der Waals surface area (Å²) in [6.45, 7) is 3.48. The van der Waals surface area contributed by atoms with Gasteiger partial charge in [-0.3, -0.25) is 0 Å². The molecule has 10 nitrogen and oxygen atoms in total. The fourth-order valence-electron chi connectivity index (χ4n) is 2.89. The Balaban J connectivity index is 1.56. The predicted octanol–water partition coefficient (Wildman–Crippen LogP) is 0.721. The van der Waals surface area contributed by atoms with Crippen molar-refractivity contribution in [1.29, 1.82) is 0 Å². The highest BCUT2D eigenvalue weighted by Crippen LogP contribution is 2.28. The van der Waals surface area contributed by atoms with Gasteiger partial charge >= 0.3 is 0 Å². The van der Waals surface area contributed by atoms with Gasteiger partial charge in [-0.2, -0.15) is 5.10 Å². The zero-order valence-corrected chi connectivity index (χ0v) is 17.2. The van der Waals surface area contributed by atoms with Crippen molar-refractivity contribution in [2.75, 3.05) is 63.8 Å². The molecule has 0 unspecified atom stereocenters. The van der Waals surface area contributed by atoms with Crippen LogP contribution in [0.5, 0.6) is 11.5 Å². The van der Waals surface area contributed by atoms with Gasteiger partial charge in [-0.25, -0.2) is 13.1 Å². The van der Waals surface area contributed by atoms with Crippen LogP contribution in [0.15, 0.2) is 35.4 Å². The molecule has 0 spiro atoms. The average molecular weight is 423 g/mol. The first kappa shape index (κ1) is 21.1. The largest absolute Gasteiger partial charge is 0.497 e. The van der Waals surface area contributed by atoms with E-state index in [0.717, 1.165) is 18.8 Å². The molecule has 11 heteroatoms. The summed E-state index contributed by atoms with van der Waals surface area (Å²) in [5, 5.41) is 11.1. The number of nitrogens with one attached hydrogen (secondary N) is 2. The van der Waals surface area contributed by atoms with E-state index in [0.29, 0.717) is 31.3 Å². The highest BCUT2D eigenvalue weighted by molar-refractivity contribution is 7.89. The van der Waals surface area contributed by atoms with Gasteiger partial charge in [0.15, 0.2) is 5.82 Å². The molecule has 1 aromatic carbocycles. The molecular formula is C18H25N5O5S. The lowest BCUT2D eigenvalue weighted by Gasteiger charge is -2.28.